The Morgan fingerprint density at radius 3 is 2.40 bits per heavy atom. The minimum atomic E-state index is -4.66. The molecule has 0 amide bonds. The van der Waals surface area contributed by atoms with E-state index in [1.54, 1.807) is 30.3 Å². The van der Waals surface area contributed by atoms with Gasteiger partial charge in [0, 0.05) is 31.5 Å². The van der Waals surface area contributed by atoms with Crippen LogP contribution in [0.4, 0.5) is 24.5 Å². The molecular formula is C26H26F3N5O. The maximum Gasteiger partial charge on any atom is 0.435 e. The number of aromatic nitrogens is 2. The highest BCUT2D eigenvalue weighted by Gasteiger charge is 2.36. The summed E-state index contributed by atoms with van der Waals surface area (Å²) < 4.78 is 41.4. The van der Waals surface area contributed by atoms with Gasteiger partial charge < -0.3 is 21.1 Å². The van der Waals surface area contributed by atoms with Crippen molar-refractivity contribution >= 4 is 11.4 Å². The summed E-state index contributed by atoms with van der Waals surface area (Å²) >= 11 is 0. The Bertz CT molecular complexity index is 1270. The Hall–Kier alpha value is -3.82. The summed E-state index contributed by atoms with van der Waals surface area (Å²) in [5.41, 5.74) is 8.23. The van der Waals surface area contributed by atoms with Gasteiger partial charge in [-0.3, -0.25) is 0 Å². The van der Waals surface area contributed by atoms with Crippen molar-refractivity contribution in [2.75, 3.05) is 17.3 Å². The quantitative estimate of drug-likeness (QED) is 0.306. The summed E-state index contributed by atoms with van der Waals surface area (Å²) in [4.78, 5) is 2.07. The number of aliphatic hydroxyl groups excluding tert-OH is 1. The van der Waals surface area contributed by atoms with Crippen LogP contribution in [0.15, 0.2) is 84.9 Å². The lowest BCUT2D eigenvalue weighted by Crippen LogP contribution is -2.17. The van der Waals surface area contributed by atoms with Gasteiger partial charge in [0.15, 0.2) is 11.9 Å². The molecule has 0 spiro atoms. The molecule has 182 valence electrons. The molecule has 3 aromatic carbocycles. The van der Waals surface area contributed by atoms with Crippen LogP contribution in [0.5, 0.6) is 0 Å². The summed E-state index contributed by atoms with van der Waals surface area (Å²) in [5.74, 6) is 0. The predicted molar refractivity (Wildman–Crippen MR) is 130 cm³/mol. The first-order valence-electron chi connectivity index (χ1n) is 11.0. The van der Waals surface area contributed by atoms with Gasteiger partial charge in [-0.1, -0.05) is 42.5 Å². The number of anilines is 2. The van der Waals surface area contributed by atoms with Crippen molar-refractivity contribution in [1.29, 1.82) is 0 Å². The van der Waals surface area contributed by atoms with E-state index in [2.05, 4.69) is 15.3 Å². The number of benzene rings is 3. The van der Waals surface area contributed by atoms with Gasteiger partial charge >= 0.3 is 6.18 Å². The van der Waals surface area contributed by atoms with Crippen molar-refractivity contribution in [3.63, 3.8) is 0 Å². The summed E-state index contributed by atoms with van der Waals surface area (Å²) in [5, 5.41) is 17.5. The third-order valence-electron chi connectivity index (χ3n) is 5.55. The van der Waals surface area contributed by atoms with E-state index in [-0.39, 0.29) is 12.2 Å². The molecule has 0 fully saturated rings. The number of aliphatic hydroxyl groups is 1. The number of nitrogens with one attached hydrogen (secondary N) is 1. The summed E-state index contributed by atoms with van der Waals surface area (Å²) in [6.07, 6.45) is -6.10. The van der Waals surface area contributed by atoms with Gasteiger partial charge in [0.05, 0.1) is 11.4 Å². The molecule has 1 unspecified atom stereocenters. The maximum atomic E-state index is 13.4. The highest BCUT2D eigenvalue weighted by Crippen LogP contribution is 2.32. The van der Waals surface area contributed by atoms with E-state index in [1.807, 2.05) is 55.6 Å². The molecule has 9 heteroatoms. The molecule has 0 radical (unpaired) electrons. The Morgan fingerprint density at radius 2 is 1.69 bits per heavy atom. The summed E-state index contributed by atoms with van der Waals surface area (Å²) in [6.45, 7) is 0.833. The second-order valence-electron chi connectivity index (χ2n) is 8.18. The second kappa shape index (κ2) is 10.2. The van der Waals surface area contributed by atoms with Crippen molar-refractivity contribution in [3.05, 3.63) is 107 Å². The van der Waals surface area contributed by atoms with E-state index < -0.39 is 18.1 Å². The standard InChI is InChI=1S/C26H26F3N5O/c1-33(21-10-3-2-4-11-21)17-19-8-5-9-20(13-19)31-25(35)23-15-24(26(27,28)29)32-34(23)22-12-6-7-18(14-22)16-30/h2-15,25,31,35H,16-17,30H2,1H3. The van der Waals surface area contributed by atoms with Gasteiger partial charge in [0.2, 0.25) is 0 Å². The van der Waals surface area contributed by atoms with Gasteiger partial charge in [0.1, 0.15) is 0 Å². The van der Waals surface area contributed by atoms with Crippen LogP contribution in [0.2, 0.25) is 0 Å². The number of rotatable bonds is 8. The van der Waals surface area contributed by atoms with Crippen LogP contribution in [0.3, 0.4) is 0 Å². The lowest BCUT2D eigenvalue weighted by molar-refractivity contribution is -0.141. The zero-order chi connectivity index (χ0) is 25.0. The molecule has 1 heterocycles. The number of para-hydroxylation sites is 1. The van der Waals surface area contributed by atoms with Crippen LogP contribution in [0, 0.1) is 0 Å². The summed E-state index contributed by atoms with van der Waals surface area (Å²) in [7, 11) is 1.97. The van der Waals surface area contributed by atoms with Crippen LogP contribution >= 0.6 is 0 Å². The van der Waals surface area contributed by atoms with Crippen LogP contribution < -0.4 is 16.0 Å². The van der Waals surface area contributed by atoms with Crippen LogP contribution in [-0.4, -0.2) is 21.9 Å². The molecule has 4 rings (SSSR count). The number of nitrogens with zero attached hydrogens (tertiary/aromatic N) is 3. The van der Waals surface area contributed by atoms with Crippen molar-refractivity contribution in [3.8, 4) is 5.69 Å². The number of alkyl halides is 3. The van der Waals surface area contributed by atoms with E-state index >= 15 is 0 Å². The maximum absolute atomic E-state index is 13.4. The van der Waals surface area contributed by atoms with E-state index in [9.17, 15) is 18.3 Å². The fraction of sp³-hybridized carbons (Fsp3) is 0.192. The molecule has 0 saturated heterocycles. The first-order valence-corrected chi connectivity index (χ1v) is 11.0. The normalized spacial score (nSPS) is 12.4. The van der Waals surface area contributed by atoms with Gasteiger partial charge in [-0.25, -0.2) is 4.68 Å². The number of hydrogen-bond donors (Lipinski definition) is 3. The van der Waals surface area contributed by atoms with E-state index in [0.717, 1.165) is 27.6 Å². The van der Waals surface area contributed by atoms with Crippen molar-refractivity contribution in [1.82, 2.24) is 9.78 Å². The van der Waals surface area contributed by atoms with Gasteiger partial charge in [-0.05, 0) is 53.6 Å². The van der Waals surface area contributed by atoms with Crippen molar-refractivity contribution < 1.29 is 18.3 Å². The van der Waals surface area contributed by atoms with Gasteiger partial charge in [-0.2, -0.15) is 18.3 Å². The minimum absolute atomic E-state index is 0.0432. The van der Waals surface area contributed by atoms with Gasteiger partial charge in [-0.15, -0.1) is 0 Å². The molecule has 0 aliphatic carbocycles. The molecule has 1 aromatic heterocycles. The number of hydrogen-bond acceptors (Lipinski definition) is 5. The fourth-order valence-electron chi connectivity index (χ4n) is 3.79. The third-order valence-corrected chi connectivity index (χ3v) is 5.55. The average molecular weight is 482 g/mol. The summed E-state index contributed by atoms with van der Waals surface area (Å²) in [6, 6.07) is 24.8. The highest BCUT2D eigenvalue weighted by atomic mass is 19.4. The Labute approximate surface area is 201 Å². The molecule has 1 atom stereocenters. The molecule has 4 N–H and O–H groups in total. The predicted octanol–water partition coefficient (Wildman–Crippen LogP) is 5.09. The first-order chi connectivity index (χ1) is 16.7. The number of halogens is 3. The Kier molecular flexibility index (Phi) is 7.09. The zero-order valence-corrected chi connectivity index (χ0v) is 19.1. The van der Waals surface area contributed by atoms with Gasteiger partial charge in [0.25, 0.3) is 0 Å². The van der Waals surface area contributed by atoms with Crippen LogP contribution in [0.25, 0.3) is 5.69 Å². The Balaban J connectivity index is 1.59. The smallest absolute Gasteiger partial charge is 0.370 e. The molecule has 6 nitrogen and oxygen atoms in total. The third kappa shape index (κ3) is 5.82. The highest BCUT2D eigenvalue weighted by molar-refractivity contribution is 5.50. The molecular weight excluding hydrogens is 455 g/mol. The monoisotopic (exact) mass is 481 g/mol. The average Bonchev–Trinajstić information content (AvgIpc) is 3.31. The fourth-order valence-corrected chi connectivity index (χ4v) is 3.79. The molecule has 0 aliphatic heterocycles. The number of nitrogens with two attached hydrogens (primary N) is 1. The lowest BCUT2D eigenvalue weighted by atomic mass is 10.1. The van der Waals surface area contributed by atoms with E-state index in [0.29, 0.717) is 17.9 Å². The molecule has 35 heavy (non-hydrogen) atoms. The molecule has 4 aromatic rings. The van der Waals surface area contributed by atoms with Crippen molar-refractivity contribution in [2.24, 2.45) is 5.73 Å². The molecule has 0 aliphatic rings. The Morgan fingerprint density at radius 1 is 0.971 bits per heavy atom. The second-order valence-corrected chi connectivity index (χ2v) is 8.18. The molecule has 0 bridgehead atoms. The topological polar surface area (TPSA) is 79.3 Å². The van der Waals surface area contributed by atoms with Crippen LogP contribution in [0.1, 0.15) is 28.7 Å². The van der Waals surface area contributed by atoms with Crippen molar-refractivity contribution in [2.45, 2.75) is 25.5 Å². The van der Waals surface area contributed by atoms with E-state index in [4.69, 9.17) is 5.73 Å². The SMILES string of the molecule is CN(Cc1cccc(NC(O)c2cc(C(F)(F)F)nn2-c2cccc(CN)c2)c1)c1ccccc1. The van der Waals surface area contributed by atoms with Crippen LogP contribution in [-0.2, 0) is 19.3 Å². The largest absolute Gasteiger partial charge is 0.435 e. The zero-order valence-electron chi connectivity index (χ0n) is 19.1. The molecule has 0 saturated carbocycles. The minimum Gasteiger partial charge on any atom is -0.370 e. The lowest BCUT2D eigenvalue weighted by Gasteiger charge is -2.20. The first kappa shape index (κ1) is 24.3. The van der Waals surface area contributed by atoms with E-state index in [1.165, 1.54) is 0 Å².